The molecule has 0 saturated carbocycles. The summed E-state index contributed by atoms with van der Waals surface area (Å²) < 4.78 is 17.0. The maximum atomic E-state index is 12.2. The first-order valence-electron chi connectivity index (χ1n) is 8.96. The van der Waals surface area contributed by atoms with Crippen molar-refractivity contribution in [2.24, 2.45) is 0 Å². The molecule has 0 spiro atoms. The van der Waals surface area contributed by atoms with Gasteiger partial charge in [-0.1, -0.05) is 30.3 Å². The third-order valence-corrected chi connectivity index (χ3v) is 4.48. The van der Waals surface area contributed by atoms with Crippen molar-refractivity contribution in [2.75, 3.05) is 32.8 Å². The smallest absolute Gasteiger partial charge is 0.222 e. The Morgan fingerprint density at radius 2 is 2.08 bits per heavy atom. The lowest BCUT2D eigenvalue weighted by molar-refractivity contribution is -0.140. The largest absolute Gasteiger partial charge is 0.375 e. The van der Waals surface area contributed by atoms with Crippen LogP contribution in [0.3, 0.4) is 0 Å². The number of hydrogen-bond acceptors (Lipinski definition) is 5. The quantitative estimate of drug-likeness (QED) is 0.845. The zero-order valence-corrected chi connectivity index (χ0v) is 15.1. The van der Waals surface area contributed by atoms with E-state index in [1.807, 2.05) is 19.9 Å². The van der Waals surface area contributed by atoms with Gasteiger partial charge in [0.1, 0.15) is 6.10 Å². The van der Waals surface area contributed by atoms with Crippen molar-refractivity contribution in [2.45, 2.75) is 44.8 Å². The number of carbonyl (C=O) groups is 1. The van der Waals surface area contributed by atoms with Gasteiger partial charge in [0.25, 0.3) is 0 Å². The van der Waals surface area contributed by atoms with Crippen LogP contribution in [0.5, 0.6) is 0 Å². The lowest BCUT2D eigenvalue weighted by atomic mass is 10.1. The predicted octanol–water partition coefficient (Wildman–Crippen LogP) is 1.55. The van der Waals surface area contributed by atoms with Gasteiger partial charge >= 0.3 is 0 Å². The molecule has 1 N–H and O–H groups in total. The minimum atomic E-state index is -0.556. The maximum absolute atomic E-state index is 12.2. The molecule has 2 fully saturated rings. The Hall–Kier alpha value is -1.47. The summed E-state index contributed by atoms with van der Waals surface area (Å²) in [7, 11) is 0. The first-order valence-corrected chi connectivity index (χ1v) is 8.96. The molecule has 2 atom stereocenters. The monoisotopic (exact) mass is 348 g/mol. The summed E-state index contributed by atoms with van der Waals surface area (Å²) in [6.45, 7) is 7.98. The topological polar surface area (TPSA) is 60.0 Å². The highest BCUT2D eigenvalue weighted by Gasteiger charge is 2.32. The normalized spacial score (nSPS) is 26.5. The summed E-state index contributed by atoms with van der Waals surface area (Å²) in [6.07, 6.45) is 0.234. The number of ether oxygens (including phenoxy) is 3. The first-order chi connectivity index (χ1) is 12.0. The van der Waals surface area contributed by atoms with Gasteiger partial charge in [0.05, 0.1) is 25.7 Å². The second-order valence-corrected chi connectivity index (χ2v) is 7.17. The number of carbonyl (C=O) groups excluding carboxylic acids is 1. The average molecular weight is 348 g/mol. The number of morpholine rings is 1. The molecule has 138 valence electrons. The summed E-state index contributed by atoms with van der Waals surface area (Å²) in [5.74, 6) is -0.556. The number of amides is 1. The molecule has 3 rings (SSSR count). The third kappa shape index (κ3) is 5.78. The number of hydrogen-bond donors (Lipinski definition) is 1. The van der Waals surface area contributed by atoms with Crippen LogP contribution < -0.4 is 5.32 Å². The van der Waals surface area contributed by atoms with Crippen LogP contribution >= 0.6 is 0 Å². The molecular formula is C19H28N2O4. The van der Waals surface area contributed by atoms with Gasteiger partial charge in [-0.3, -0.25) is 9.69 Å². The standard InChI is InChI=1S/C19H28N2O4/c1-19(2)24-14-17(25-19)11-20-18(22)10-16-13-21(8-9-23-16)12-15-6-4-3-5-7-15/h3-7,16-17H,8-14H2,1-2H3,(H,20,22)/t16-,17-/m1/s1. The minimum absolute atomic E-state index is 0.000123. The number of benzene rings is 1. The molecule has 2 aliphatic heterocycles. The molecule has 0 aromatic heterocycles. The molecule has 2 aliphatic rings. The van der Waals surface area contributed by atoms with Crippen molar-refractivity contribution in [3.05, 3.63) is 35.9 Å². The van der Waals surface area contributed by atoms with Crippen molar-refractivity contribution >= 4 is 5.91 Å². The molecule has 1 aromatic rings. The molecule has 2 saturated heterocycles. The van der Waals surface area contributed by atoms with Crippen molar-refractivity contribution < 1.29 is 19.0 Å². The Labute approximate surface area is 149 Å². The lowest BCUT2D eigenvalue weighted by Gasteiger charge is -2.32. The number of nitrogens with zero attached hydrogens (tertiary/aromatic N) is 1. The van der Waals surface area contributed by atoms with Gasteiger partial charge < -0.3 is 19.5 Å². The van der Waals surface area contributed by atoms with Crippen molar-refractivity contribution in [1.82, 2.24) is 10.2 Å². The van der Waals surface area contributed by atoms with Crippen LogP contribution in [0.4, 0.5) is 0 Å². The summed E-state index contributed by atoms with van der Waals surface area (Å²) in [6, 6.07) is 10.4. The predicted molar refractivity (Wildman–Crippen MR) is 94.0 cm³/mol. The molecule has 6 nitrogen and oxygen atoms in total. The highest BCUT2D eigenvalue weighted by Crippen LogP contribution is 2.21. The SMILES string of the molecule is CC1(C)OC[C@@H](CNC(=O)C[C@@H]2CN(Cc3ccccc3)CCO2)O1. The molecule has 1 aromatic carbocycles. The van der Waals surface area contributed by atoms with E-state index in [0.29, 0.717) is 26.2 Å². The maximum Gasteiger partial charge on any atom is 0.222 e. The average Bonchev–Trinajstić information content (AvgIpc) is 2.93. The van der Waals surface area contributed by atoms with Gasteiger partial charge in [-0.2, -0.15) is 0 Å². The van der Waals surface area contributed by atoms with E-state index >= 15 is 0 Å². The Morgan fingerprint density at radius 1 is 1.28 bits per heavy atom. The van der Waals surface area contributed by atoms with Crippen LogP contribution in [0.1, 0.15) is 25.8 Å². The van der Waals surface area contributed by atoms with Gasteiger partial charge in [-0.05, 0) is 19.4 Å². The molecule has 0 aliphatic carbocycles. The molecule has 1 amide bonds. The second kappa shape index (κ2) is 8.27. The fourth-order valence-electron chi connectivity index (χ4n) is 3.26. The highest BCUT2D eigenvalue weighted by atomic mass is 16.7. The van der Waals surface area contributed by atoms with Gasteiger partial charge in [0, 0.05) is 26.2 Å². The van der Waals surface area contributed by atoms with Gasteiger partial charge in [-0.25, -0.2) is 0 Å². The van der Waals surface area contributed by atoms with E-state index in [2.05, 4.69) is 34.5 Å². The zero-order valence-electron chi connectivity index (χ0n) is 15.1. The van der Waals surface area contributed by atoms with E-state index in [9.17, 15) is 4.79 Å². The Balaban J connectivity index is 1.39. The molecular weight excluding hydrogens is 320 g/mol. The third-order valence-electron chi connectivity index (χ3n) is 4.48. The minimum Gasteiger partial charge on any atom is -0.375 e. The lowest BCUT2D eigenvalue weighted by Crippen LogP contribution is -2.44. The van der Waals surface area contributed by atoms with Gasteiger partial charge in [0.2, 0.25) is 5.91 Å². The van der Waals surface area contributed by atoms with Crippen LogP contribution in [-0.2, 0) is 25.5 Å². The van der Waals surface area contributed by atoms with E-state index in [-0.39, 0.29) is 18.1 Å². The second-order valence-electron chi connectivity index (χ2n) is 7.17. The van der Waals surface area contributed by atoms with E-state index in [4.69, 9.17) is 14.2 Å². The zero-order chi connectivity index (χ0) is 17.7. The fraction of sp³-hybridized carbons (Fsp3) is 0.632. The van der Waals surface area contributed by atoms with Crippen LogP contribution in [0, 0.1) is 0 Å². The first kappa shape index (κ1) is 18.3. The van der Waals surface area contributed by atoms with Crippen molar-refractivity contribution in [3.8, 4) is 0 Å². The van der Waals surface area contributed by atoms with Crippen molar-refractivity contribution in [1.29, 1.82) is 0 Å². The van der Waals surface area contributed by atoms with Crippen LogP contribution in [0.25, 0.3) is 0 Å². The van der Waals surface area contributed by atoms with E-state index in [0.717, 1.165) is 19.6 Å². The summed E-state index contributed by atoms with van der Waals surface area (Å²) in [4.78, 5) is 14.5. The molecule has 6 heteroatoms. The van der Waals surface area contributed by atoms with Gasteiger partial charge in [0.15, 0.2) is 5.79 Å². The van der Waals surface area contributed by atoms with E-state index in [1.54, 1.807) is 0 Å². The summed E-state index contributed by atoms with van der Waals surface area (Å²) in [5, 5.41) is 2.93. The summed E-state index contributed by atoms with van der Waals surface area (Å²) >= 11 is 0. The Morgan fingerprint density at radius 3 is 2.80 bits per heavy atom. The molecule has 0 bridgehead atoms. The van der Waals surface area contributed by atoms with Crippen LogP contribution in [0.15, 0.2) is 30.3 Å². The summed E-state index contributed by atoms with van der Waals surface area (Å²) in [5.41, 5.74) is 1.29. The van der Waals surface area contributed by atoms with Crippen molar-refractivity contribution in [3.63, 3.8) is 0 Å². The van der Waals surface area contributed by atoms with Crippen LogP contribution in [0.2, 0.25) is 0 Å². The Bertz CT molecular complexity index is 564. The number of rotatable bonds is 6. The molecule has 0 unspecified atom stereocenters. The van der Waals surface area contributed by atoms with Crippen LogP contribution in [-0.4, -0.2) is 61.7 Å². The van der Waals surface area contributed by atoms with E-state index in [1.165, 1.54) is 5.56 Å². The molecule has 2 heterocycles. The highest BCUT2D eigenvalue weighted by molar-refractivity contribution is 5.76. The Kier molecular flexibility index (Phi) is 6.06. The van der Waals surface area contributed by atoms with Gasteiger partial charge in [-0.15, -0.1) is 0 Å². The fourth-order valence-corrected chi connectivity index (χ4v) is 3.26. The molecule has 25 heavy (non-hydrogen) atoms. The van der Waals surface area contributed by atoms with E-state index < -0.39 is 5.79 Å². The number of nitrogens with one attached hydrogen (secondary N) is 1. The molecule has 0 radical (unpaired) electrons.